The standard InChI is InChI=1S/C15H21N3/c1-2-18-10-12(9-17-13-4-5-13)14-6-3-11(8-16)7-15(14)18/h3,6-7,10,13,17H,2,4-5,8-9,16H2,1H3. The zero-order valence-electron chi connectivity index (χ0n) is 10.9. The second-order valence-corrected chi connectivity index (χ2v) is 5.15. The van der Waals surface area contributed by atoms with Crippen LogP contribution in [0.1, 0.15) is 30.9 Å². The maximum Gasteiger partial charge on any atom is 0.0486 e. The van der Waals surface area contributed by atoms with Crippen molar-refractivity contribution >= 4 is 10.9 Å². The number of nitrogens with two attached hydrogens (primary N) is 1. The molecule has 0 aliphatic heterocycles. The average molecular weight is 243 g/mol. The lowest BCUT2D eigenvalue weighted by Gasteiger charge is -2.03. The molecule has 0 atom stereocenters. The zero-order chi connectivity index (χ0) is 12.5. The number of nitrogens with zero attached hydrogens (tertiary/aromatic N) is 1. The van der Waals surface area contributed by atoms with E-state index in [1.54, 1.807) is 0 Å². The second-order valence-electron chi connectivity index (χ2n) is 5.15. The number of benzene rings is 1. The minimum atomic E-state index is 0.612. The van der Waals surface area contributed by atoms with E-state index in [2.05, 4.69) is 41.2 Å². The van der Waals surface area contributed by atoms with Gasteiger partial charge in [0, 0.05) is 42.8 Å². The smallest absolute Gasteiger partial charge is 0.0486 e. The van der Waals surface area contributed by atoms with Gasteiger partial charge in [0.05, 0.1) is 0 Å². The third-order valence-corrected chi connectivity index (χ3v) is 3.76. The molecule has 1 saturated carbocycles. The molecule has 0 unspecified atom stereocenters. The van der Waals surface area contributed by atoms with Crippen LogP contribution in [0, 0.1) is 0 Å². The molecule has 0 radical (unpaired) electrons. The summed E-state index contributed by atoms with van der Waals surface area (Å²) in [4.78, 5) is 0. The van der Waals surface area contributed by atoms with Gasteiger partial charge in [0.15, 0.2) is 0 Å². The molecule has 1 aliphatic carbocycles. The van der Waals surface area contributed by atoms with Crippen LogP contribution in [0.5, 0.6) is 0 Å². The number of rotatable bonds is 5. The van der Waals surface area contributed by atoms with Crippen LogP contribution in [0.4, 0.5) is 0 Å². The Bertz CT molecular complexity index is 552. The first kappa shape index (κ1) is 11.8. The first-order chi connectivity index (χ1) is 8.81. The van der Waals surface area contributed by atoms with Gasteiger partial charge in [-0.15, -0.1) is 0 Å². The SMILES string of the molecule is CCn1cc(CNC2CC2)c2ccc(CN)cc21. The third kappa shape index (κ3) is 2.16. The fourth-order valence-electron chi connectivity index (χ4n) is 2.48. The lowest BCUT2D eigenvalue weighted by molar-refractivity contribution is 0.686. The van der Waals surface area contributed by atoms with E-state index in [1.807, 2.05) is 0 Å². The molecule has 1 aromatic carbocycles. The van der Waals surface area contributed by atoms with Crippen LogP contribution in [-0.4, -0.2) is 10.6 Å². The molecule has 3 N–H and O–H groups in total. The molecule has 1 aromatic heterocycles. The first-order valence-corrected chi connectivity index (χ1v) is 6.86. The Morgan fingerprint density at radius 1 is 1.39 bits per heavy atom. The van der Waals surface area contributed by atoms with E-state index in [0.29, 0.717) is 6.54 Å². The number of fused-ring (bicyclic) bond motifs is 1. The van der Waals surface area contributed by atoms with E-state index in [9.17, 15) is 0 Å². The van der Waals surface area contributed by atoms with Gasteiger partial charge in [0.2, 0.25) is 0 Å². The van der Waals surface area contributed by atoms with Gasteiger partial charge in [-0.3, -0.25) is 0 Å². The van der Waals surface area contributed by atoms with Gasteiger partial charge in [0.1, 0.15) is 0 Å². The number of hydrogen-bond acceptors (Lipinski definition) is 2. The van der Waals surface area contributed by atoms with Gasteiger partial charge in [0.25, 0.3) is 0 Å². The lowest BCUT2D eigenvalue weighted by Crippen LogP contribution is -2.14. The van der Waals surface area contributed by atoms with Crippen LogP contribution in [0.25, 0.3) is 10.9 Å². The topological polar surface area (TPSA) is 43.0 Å². The number of aryl methyl sites for hydroxylation is 1. The molecular formula is C15H21N3. The summed E-state index contributed by atoms with van der Waals surface area (Å²) in [5.74, 6) is 0. The van der Waals surface area contributed by atoms with Crippen molar-refractivity contribution in [1.29, 1.82) is 0 Å². The van der Waals surface area contributed by atoms with Gasteiger partial charge < -0.3 is 15.6 Å². The number of aromatic nitrogens is 1. The zero-order valence-corrected chi connectivity index (χ0v) is 10.9. The van der Waals surface area contributed by atoms with Gasteiger partial charge >= 0.3 is 0 Å². The Morgan fingerprint density at radius 3 is 2.89 bits per heavy atom. The minimum absolute atomic E-state index is 0.612. The van der Waals surface area contributed by atoms with Crippen molar-refractivity contribution in [2.75, 3.05) is 0 Å². The maximum atomic E-state index is 5.72. The molecule has 3 rings (SSSR count). The summed E-state index contributed by atoms with van der Waals surface area (Å²) in [6.07, 6.45) is 4.95. The third-order valence-electron chi connectivity index (χ3n) is 3.76. The second kappa shape index (κ2) is 4.75. The van der Waals surface area contributed by atoms with Gasteiger partial charge in [-0.25, -0.2) is 0 Å². The lowest BCUT2D eigenvalue weighted by atomic mass is 10.1. The highest BCUT2D eigenvalue weighted by atomic mass is 15.0. The van der Waals surface area contributed by atoms with Gasteiger partial charge in [-0.05, 0) is 37.0 Å². The summed E-state index contributed by atoms with van der Waals surface area (Å²) in [5.41, 5.74) is 9.65. The van der Waals surface area contributed by atoms with Gasteiger partial charge in [-0.2, -0.15) is 0 Å². The van der Waals surface area contributed by atoms with Crippen LogP contribution < -0.4 is 11.1 Å². The summed E-state index contributed by atoms with van der Waals surface area (Å²) in [6.45, 7) is 4.79. The molecule has 96 valence electrons. The van der Waals surface area contributed by atoms with E-state index < -0.39 is 0 Å². The van der Waals surface area contributed by atoms with Crippen LogP contribution >= 0.6 is 0 Å². The molecule has 1 fully saturated rings. The van der Waals surface area contributed by atoms with Gasteiger partial charge in [-0.1, -0.05) is 12.1 Å². The highest BCUT2D eigenvalue weighted by molar-refractivity contribution is 5.84. The first-order valence-electron chi connectivity index (χ1n) is 6.86. The van der Waals surface area contributed by atoms with E-state index in [-0.39, 0.29) is 0 Å². The quantitative estimate of drug-likeness (QED) is 0.846. The summed E-state index contributed by atoms with van der Waals surface area (Å²) < 4.78 is 2.32. The molecular weight excluding hydrogens is 222 g/mol. The molecule has 0 spiro atoms. The molecule has 0 saturated heterocycles. The Morgan fingerprint density at radius 2 is 2.22 bits per heavy atom. The van der Waals surface area contributed by atoms with Crippen LogP contribution in [-0.2, 0) is 19.6 Å². The molecule has 1 heterocycles. The number of nitrogens with one attached hydrogen (secondary N) is 1. The van der Waals surface area contributed by atoms with Crippen molar-refractivity contribution in [2.45, 2.75) is 45.4 Å². The van der Waals surface area contributed by atoms with E-state index in [4.69, 9.17) is 5.73 Å². The van der Waals surface area contributed by atoms with Crippen molar-refractivity contribution in [3.05, 3.63) is 35.5 Å². The largest absolute Gasteiger partial charge is 0.347 e. The summed E-state index contributed by atoms with van der Waals surface area (Å²) >= 11 is 0. The van der Waals surface area contributed by atoms with E-state index in [0.717, 1.165) is 19.1 Å². The summed E-state index contributed by atoms with van der Waals surface area (Å²) in [5, 5.41) is 4.96. The predicted octanol–water partition coefficient (Wildman–Crippen LogP) is 2.37. The highest BCUT2D eigenvalue weighted by Gasteiger charge is 2.20. The van der Waals surface area contributed by atoms with Crippen molar-refractivity contribution < 1.29 is 0 Å². The van der Waals surface area contributed by atoms with Crippen molar-refractivity contribution in [2.24, 2.45) is 5.73 Å². The Hall–Kier alpha value is -1.32. The predicted molar refractivity (Wildman–Crippen MR) is 75.4 cm³/mol. The van der Waals surface area contributed by atoms with Crippen molar-refractivity contribution in [3.8, 4) is 0 Å². The fraction of sp³-hybridized carbons (Fsp3) is 0.467. The van der Waals surface area contributed by atoms with Crippen molar-refractivity contribution in [3.63, 3.8) is 0 Å². The molecule has 2 aromatic rings. The van der Waals surface area contributed by atoms with Crippen LogP contribution in [0.15, 0.2) is 24.4 Å². The molecule has 0 amide bonds. The molecule has 3 nitrogen and oxygen atoms in total. The molecule has 0 bridgehead atoms. The highest BCUT2D eigenvalue weighted by Crippen LogP contribution is 2.25. The fourth-order valence-corrected chi connectivity index (χ4v) is 2.48. The molecule has 3 heteroatoms. The average Bonchev–Trinajstić information content (AvgIpc) is 3.17. The molecule has 1 aliphatic rings. The monoisotopic (exact) mass is 243 g/mol. The van der Waals surface area contributed by atoms with E-state index >= 15 is 0 Å². The van der Waals surface area contributed by atoms with Crippen molar-refractivity contribution in [1.82, 2.24) is 9.88 Å². The normalized spacial score (nSPS) is 15.4. The Kier molecular flexibility index (Phi) is 3.10. The van der Waals surface area contributed by atoms with Crippen LogP contribution in [0.2, 0.25) is 0 Å². The summed E-state index contributed by atoms with van der Waals surface area (Å²) in [6, 6.07) is 7.34. The van der Waals surface area contributed by atoms with Crippen LogP contribution in [0.3, 0.4) is 0 Å². The van der Waals surface area contributed by atoms with E-state index in [1.165, 1.54) is 34.9 Å². The minimum Gasteiger partial charge on any atom is -0.347 e. The maximum absolute atomic E-state index is 5.72. The summed E-state index contributed by atoms with van der Waals surface area (Å²) in [7, 11) is 0. The number of hydrogen-bond donors (Lipinski definition) is 2. The Labute approximate surface area is 108 Å². The molecule has 18 heavy (non-hydrogen) atoms. The Balaban J connectivity index is 1.97.